The van der Waals surface area contributed by atoms with Crippen molar-refractivity contribution in [2.24, 2.45) is 0 Å². The van der Waals surface area contributed by atoms with Crippen LogP contribution >= 0.6 is 11.6 Å². The number of carbonyl (C=O) groups excluding carboxylic acids is 1. The number of aromatic nitrogens is 2. The minimum absolute atomic E-state index is 0.245. The molecule has 112 valence electrons. The van der Waals surface area contributed by atoms with E-state index in [9.17, 15) is 4.79 Å². The van der Waals surface area contributed by atoms with E-state index < -0.39 is 0 Å². The molecule has 2 aromatic carbocycles. The van der Waals surface area contributed by atoms with E-state index in [1.807, 2.05) is 42.5 Å². The maximum atomic E-state index is 11.9. The van der Waals surface area contributed by atoms with Crippen LogP contribution in [0.1, 0.15) is 5.56 Å². The van der Waals surface area contributed by atoms with Crippen LogP contribution in [-0.4, -0.2) is 22.8 Å². The summed E-state index contributed by atoms with van der Waals surface area (Å²) in [7, 11) is 0. The molecular formula is C16H15ClN4O. The van der Waals surface area contributed by atoms with Crippen molar-refractivity contribution in [3.05, 3.63) is 59.2 Å². The Balaban J connectivity index is 1.53. The highest BCUT2D eigenvalue weighted by molar-refractivity contribution is 6.31. The Bertz CT molecular complexity index is 799. The number of hydrogen-bond acceptors (Lipinski definition) is 2. The number of aromatic amines is 1. The molecule has 0 aliphatic rings. The number of fused-ring (bicyclic) bond motifs is 1. The van der Waals surface area contributed by atoms with E-state index in [0.29, 0.717) is 18.7 Å². The second-order valence-electron chi connectivity index (χ2n) is 4.89. The third-order valence-electron chi connectivity index (χ3n) is 3.34. The SMILES string of the molecule is O=C(NCCc1ccccc1Cl)Nc1ccc2cn[nH]c2c1. The first-order chi connectivity index (χ1) is 10.7. The van der Waals surface area contributed by atoms with Crippen LogP contribution in [0.25, 0.3) is 10.9 Å². The van der Waals surface area contributed by atoms with Gasteiger partial charge in [0.1, 0.15) is 0 Å². The quantitative estimate of drug-likeness (QED) is 0.689. The number of anilines is 1. The summed E-state index contributed by atoms with van der Waals surface area (Å²) in [5.41, 5.74) is 2.62. The van der Waals surface area contributed by atoms with Crippen molar-refractivity contribution in [3.8, 4) is 0 Å². The Morgan fingerprint density at radius 1 is 1.23 bits per heavy atom. The van der Waals surface area contributed by atoms with Crippen molar-refractivity contribution in [1.29, 1.82) is 0 Å². The standard InChI is InChI=1S/C16H15ClN4O/c17-14-4-2-1-3-11(14)7-8-18-16(22)20-13-6-5-12-10-19-21-15(12)9-13/h1-6,9-10H,7-8H2,(H,19,21)(H2,18,20,22). The first kappa shape index (κ1) is 14.4. The molecule has 0 aliphatic carbocycles. The van der Waals surface area contributed by atoms with Gasteiger partial charge in [-0.1, -0.05) is 29.8 Å². The second kappa shape index (κ2) is 6.49. The van der Waals surface area contributed by atoms with Crippen molar-refractivity contribution in [3.63, 3.8) is 0 Å². The lowest BCUT2D eigenvalue weighted by molar-refractivity contribution is 0.252. The van der Waals surface area contributed by atoms with E-state index in [4.69, 9.17) is 11.6 Å². The first-order valence-corrected chi connectivity index (χ1v) is 7.31. The van der Waals surface area contributed by atoms with Gasteiger partial charge in [-0.2, -0.15) is 5.10 Å². The third kappa shape index (κ3) is 3.38. The number of hydrogen-bond donors (Lipinski definition) is 3. The van der Waals surface area contributed by atoms with Crippen molar-refractivity contribution >= 4 is 34.2 Å². The minimum atomic E-state index is -0.245. The molecule has 1 heterocycles. The van der Waals surface area contributed by atoms with Crippen molar-refractivity contribution < 1.29 is 4.79 Å². The fourth-order valence-corrected chi connectivity index (χ4v) is 2.43. The molecule has 0 radical (unpaired) electrons. The molecule has 3 aromatic rings. The summed E-state index contributed by atoms with van der Waals surface area (Å²) in [5, 5.41) is 14.1. The zero-order valence-electron chi connectivity index (χ0n) is 11.8. The number of rotatable bonds is 4. The summed E-state index contributed by atoms with van der Waals surface area (Å²) in [6.45, 7) is 0.516. The van der Waals surface area contributed by atoms with Gasteiger partial charge in [-0.05, 0) is 36.2 Å². The molecule has 3 rings (SSSR count). The van der Waals surface area contributed by atoms with Crippen molar-refractivity contribution in [1.82, 2.24) is 15.5 Å². The van der Waals surface area contributed by atoms with Crippen LogP contribution in [0.3, 0.4) is 0 Å². The van der Waals surface area contributed by atoms with E-state index in [2.05, 4.69) is 20.8 Å². The summed E-state index contributed by atoms with van der Waals surface area (Å²) in [6, 6.07) is 13.0. The summed E-state index contributed by atoms with van der Waals surface area (Å²) in [6.07, 6.45) is 2.43. The average Bonchev–Trinajstić information content (AvgIpc) is 2.97. The van der Waals surface area contributed by atoms with Gasteiger partial charge < -0.3 is 10.6 Å². The monoisotopic (exact) mass is 314 g/mol. The third-order valence-corrected chi connectivity index (χ3v) is 3.71. The molecule has 0 spiro atoms. The molecule has 0 saturated heterocycles. The molecule has 0 saturated carbocycles. The second-order valence-corrected chi connectivity index (χ2v) is 5.30. The van der Waals surface area contributed by atoms with E-state index >= 15 is 0 Å². The normalized spacial score (nSPS) is 10.6. The van der Waals surface area contributed by atoms with Crippen LogP contribution in [0.15, 0.2) is 48.7 Å². The molecule has 0 bridgehead atoms. The molecular weight excluding hydrogens is 300 g/mol. The first-order valence-electron chi connectivity index (χ1n) is 6.94. The predicted molar refractivity (Wildman–Crippen MR) is 88.3 cm³/mol. The Hall–Kier alpha value is -2.53. The maximum absolute atomic E-state index is 11.9. The van der Waals surface area contributed by atoms with Gasteiger partial charge in [-0.15, -0.1) is 0 Å². The summed E-state index contributed by atoms with van der Waals surface area (Å²) in [5.74, 6) is 0. The lowest BCUT2D eigenvalue weighted by Gasteiger charge is -2.08. The van der Waals surface area contributed by atoms with Gasteiger partial charge in [0.15, 0.2) is 0 Å². The van der Waals surface area contributed by atoms with Crippen LogP contribution < -0.4 is 10.6 Å². The molecule has 0 fully saturated rings. The Labute approximate surface area is 132 Å². The number of halogens is 1. The number of carbonyl (C=O) groups is 1. The smallest absolute Gasteiger partial charge is 0.319 e. The molecule has 2 amide bonds. The van der Waals surface area contributed by atoms with Gasteiger partial charge >= 0.3 is 6.03 Å². The van der Waals surface area contributed by atoms with Crippen LogP contribution in [-0.2, 0) is 6.42 Å². The van der Waals surface area contributed by atoms with Crippen molar-refractivity contribution in [2.45, 2.75) is 6.42 Å². The van der Waals surface area contributed by atoms with E-state index in [1.165, 1.54) is 0 Å². The molecule has 0 atom stereocenters. The van der Waals surface area contributed by atoms with Crippen LogP contribution in [0.5, 0.6) is 0 Å². The zero-order valence-corrected chi connectivity index (χ0v) is 12.5. The number of amides is 2. The Kier molecular flexibility index (Phi) is 4.25. The number of nitrogens with zero attached hydrogens (tertiary/aromatic N) is 1. The van der Waals surface area contributed by atoms with Gasteiger partial charge in [0.25, 0.3) is 0 Å². The van der Waals surface area contributed by atoms with Gasteiger partial charge in [0.2, 0.25) is 0 Å². The van der Waals surface area contributed by atoms with Crippen LogP contribution in [0.2, 0.25) is 5.02 Å². The number of benzene rings is 2. The van der Waals surface area contributed by atoms with Crippen molar-refractivity contribution in [2.75, 3.05) is 11.9 Å². The molecule has 0 aliphatic heterocycles. The summed E-state index contributed by atoms with van der Waals surface area (Å²) >= 11 is 6.08. The zero-order chi connectivity index (χ0) is 15.4. The van der Waals surface area contributed by atoms with Gasteiger partial charge in [-0.25, -0.2) is 4.79 Å². The summed E-state index contributed by atoms with van der Waals surface area (Å²) in [4.78, 5) is 11.9. The highest BCUT2D eigenvalue weighted by Gasteiger charge is 2.04. The number of H-pyrrole nitrogens is 1. The maximum Gasteiger partial charge on any atom is 0.319 e. The Morgan fingerprint density at radius 2 is 2.09 bits per heavy atom. The lowest BCUT2D eigenvalue weighted by Crippen LogP contribution is -2.30. The molecule has 0 unspecified atom stereocenters. The number of urea groups is 1. The van der Waals surface area contributed by atoms with E-state index in [-0.39, 0.29) is 6.03 Å². The fourth-order valence-electron chi connectivity index (χ4n) is 2.20. The van der Waals surface area contributed by atoms with Crippen LogP contribution in [0, 0.1) is 0 Å². The molecule has 5 nitrogen and oxygen atoms in total. The van der Waals surface area contributed by atoms with Gasteiger partial charge in [0.05, 0.1) is 11.7 Å². The van der Waals surface area contributed by atoms with Gasteiger partial charge in [0, 0.05) is 22.6 Å². The molecule has 22 heavy (non-hydrogen) atoms. The summed E-state index contributed by atoms with van der Waals surface area (Å²) < 4.78 is 0. The van der Waals surface area contributed by atoms with E-state index in [1.54, 1.807) is 6.20 Å². The average molecular weight is 315 g/mol. The number of nitrogens with one attached hydrogen (secondary N) is 3. The largest absolute Gasteiger partial charge is 0.338 e. The highest BCUT2D eigenvalue weighted by Crippen LogP contribution is 2.17. The van der Waals surface area contributed by atoms with Crippen LogP contribution in [0.4, 0.5) is 10.5 Å². The topological polar surface area (TPSA) is 69.8 Å². The fraction of sp³-hybridized carbons (Fsp3) is 0.125. The molecule has 6 heteroatoms. The highest BCUT2D eigenvalue weighted by atomic mass is 35.5. The molecule has 3 N–H and O–H groups in total. The van der Waals surface area contributed by atoms with E-state index in [0.717, 1.165) is 21.5 Å². The predicted octanol–water partition coefficient (Wildman–Crippen LogP) is 3.58. The Morgan fingerprint density at radius 3 is 2.95 bits per heavy atom. The lowest BCUT2D eigenvalue weighted by atomic mass is 10.1. The molecule has 1 aromatic heterocycles. The van der Waals surface area contributed by atoms with Gasteiger partial charge in [-0.3, -0.25) is 5.10 Å². The minimum Gasteiger partial charge on any atom is -0.338 e.